The van der Waals surface area contributed by atoms with Crippen molar-refractivity contribution in [1.29, 1.82) is 0 Å². The van der Waals surface area contributed by atoms with E-state index in [1.807, 2.05) is 25.1 Å². The Hall–Kier alpha value is -0.870. The molecular weight excluding hydrogens is 375 g/mol. The lowest BCUT2D eigenvalue weighted by molar-refractivity contribution is 0.411. The summed E-state index contributed by atoms with van der Waals surface area (Å²) in [6.45, 7) is 2.01. The zero-order valence-corrected chi connectivity index (χ0v) is 13.8. The zero-order valence-electron chi connectivity index (χ0n) is 10.6. The third-order valence-electron chi connectivity index (χ3n) is 2.96. The number of hydrogen-bond donors (Lipinski definition) is 0. The van der Waals surface area contributed by atoms with Crippen LogP contribution in [0, 0.1) is 12.7 Å². The molecule has 4 heteroatoms. The lowest BCUT2D eigenvalue weighted by Crippen LogP contribution is -1.98. The maximum atomic E-state index is 14.0. The Bertz CT molecular complexity index is 599. The van der Waals surface area contributed by atoms with Gasteiger partial charge in [-0.2, -0.15) is 0 Å². The van der Waals surface area contributed by atoms with E-state index in [1.54, 1.807) is 12.1 Å². The van der Waals surface area contributed by atoms with E-state index in [9.17, 15) is 4.39 Å². The Balaban J connectivity index is 2.38. The molecular formula is C15H13Br2FO. The van der Waals surface area contributed by atoms with Gasteiger partial charge in [0.25, 0.3) is 0 Å². The standard InChI is InChI=1S/C15H13Br2FO/c1-9-7-10(3-6-13(9)16)15(17)12-5-4-11(19-2)8-14(12)18/h3-8,15H,1-2H3. The molecule has 0 aliphatic carbocycles. The highest BCUT2D eigenvalue weighted by Crippen LogP contribution is 2.35. The first-order chi connectivity index (χ1) is 9.02. The summed E-state index contributed by atoms with van der Waals surface area (Å²) in [4.78, 5) is -0.176. The maximum absolute atomic E-state index is 14.0. The summed E-state index contributed by atoms with van der Waals surface area (Å²) in [6, 6.07) is 10.9. The van der Waals surface area contributed by atoms with Crippen LogP contribution in [0.3, 0.4) is 0 Å². The van der Waals surface area contributed by atoms with E-state index in [0.717, 1.165) is 15.6 Å². The van der Waals surface area contributed by atoms with Gasteiger partial charge in [0, 0.05) is 16.1 Å². The van der Waals surface area contributed by atoms with Crippen molar-refractivity contribution in [1.82, 2.24) is 0 Å². The second-order valence-electron chi connectivity index (χ2n) is 4.26. The van der Waals surface area contributed by atoms with Crippen LogP contribution < -0.4 is 4.74 Å². The lowest BCUT2D eigenvalue weighted by Gasteiger charge is -2.14. The van der Waals surface area contributed by atoms with Crippen LogP contribution in [0.1, 0.15) is 21.5 Å². The molecule has 0 heterocycles. The Labute approximate surface area is 129 Å². The van der Waals surface area contributed by atoms with E-state index >= 15 is 0 Å². The Morgan fingerprint density at radius 1 is 1.16 bits per heavy atom. The van der Waals surface area contributed by atoms with Crippen LogP contribution in [0.15, 0.2) is 40.9 Å². The van der Waals surface area contributed by atoms with Gasteiger partial charge >= 0.3 is 0 Å². The fourth-order valence-corrected chi connectivity index (χ4v) is 2.75. The van der Waals surface area contributed by atoms with Gasteiger partial charge in [-0.3, -0.25) is 0 Å². The molecule has 100 valence electrons. The number of hydrogen-bond acceptors (Lipinski definition) is 1. The van der Waals surface area contributed by atoms with E-state index < -0.39 is 0 Å². The molecule has 1 nitrogen and oxygen atoms in total. The van der Waals surface area contributed by atoms with Crippen LogP contribution in [-0.4, -0.2) is 7.11 Å². The van der Waals surface area contributed by atoms with Gasteiger partial charge in [-0.05, 0) is 30.2 Å². The minimum absolute atomic E-state index is 0.176. The number of methoxy groups -OCH3 is 1. The average molecular weight is 388 g/mol. The molecule has 1 atom stereocenters. The van der Waals surface area contributed by atoms with Gasteiger partial charge in [-0.15, -0.1) is 0 Å². The molecule has 0 aliphatic heterocycles. The van der Waals surface area contributed by atoms with Crippen molar-refractivity contribution < 1.29 is 9.13 Å². The van der Waals surface area contributed by atoms with E-state index in [4.69, 9.17) is 4.74 Å². The monoisotopic (exact) mass is 386 g/mol. The Morgan fingerprint density at radius 2 is 1.89 bits per heavy atom. The third-order valence-corrected chi connectivity index (χ3v) is 4.87. The second-order valence-corrected chi connectivity index (χ2v) is 6.03. The quantitative estimate of drug-likeness (QED) is 0.641. The smallest absolute Gasteiger partial charge is 0.131 e. The van der Waals surface area contributed by atoms with Gasteiger partial charge < -0.3 is 4.74 Å². The molecule has 2 aromatic carbocycles. The van der Waals surface area contributed by atoms with Crippen LogP contribution in [0.2, 0.25) is 0 Å². The fourth-order valence-electron chi connectivity index (χ4n) is 1.85. The minimum atomic E-state index is -0.276. The van der Waals surface area contributed by atoms with Gasteiger partial charge in [0.1, 0.15) is 11.6 Å². The van der Waals surface area contributed by atoms with Gasteiger partial charge in [-0.1, -0.05) is 50.1 Å². The van der Waals surface area contributed by atoms with Crippen molar-refractivity contribution in [2.24, 2.45) is 0 Å². The molecule has 0 saturated heterocycles. The van der Waals surface area contributed by atoms with Crippen LogP contribution in [0.4, 0.5) is 4.39 Å². The molecule has 1 unspecified atom stereocenters. The number of aryl methyl sites for hydroxylation is 1. The summed E-state index contributed by atoms with van der Waals surface area (Å²) >= 11 is 7.02. The van der Waals surface area contributed by atoms with Crippen molar-refractivity contribution in [2.45, 2.75) is 11.8 Å². The molecule has 0 bridgehead atoms. The van der Waals surface area contributed by atoms with E-state index in [-0.39, 0.29) is 10.6 Å². The Kier molecular flexibility index (Phi) is 4.63. The number of benzene rings is 2. The summed E-state index contributed by atoms with van der Waals surface area (Å²) < 4.78 is 20.1. The van der Waals surface area contributed by atoms with Crippen LogP contribution in [0.5, 0.6) is 5.75 Å². The highest BCUT2D eigenvalue weighted by atomic mass is 79.9. The predicted octanol–water partition coefficient (Wildman–Crippen LogP) is 5.39. The number of halogens is 3. The molecule has 0 spiro atoms. The first kappa shape index (κ1) is 14.5. The van der Waals surface area contributed by atoms with Crippen LogP contribution >= 0.6 is 31.9 Å². The van der Waals surface area contributed by atoms with E-state index in [0.29, 0.717) is 11.3 Å². The third kappa shape index (κ3) is 3.18. The first-order valence-electron chi connectivity index (χ1n) is 5.76. The Morgan fingerprint density at radius 3 is 2.47 bits per heavy atom. The normalized spacial score (nSPS) is 12.3. The lowest BCUT2D eigenvalue weighted by atomic mass is 10.0. The molecule has 0 amide bonds. The summed E-state index contributed by atoms with van der Waals surface area (Å²) in [5.41, 5.74) is 2.74. The molecule has 0 N–H and O–H groups in total. The van der Waals surface area contributed by atoms with Crippen LogP contribution in [-0.2, 0) is 0 Å². The first-order valence-corrected chi connectivity index (χ1v) is 7.47. The summed E-state index contributed by atoms with van der Waals surface area (Å²) in [5.74, 6) is 0.245. The summed E-state index contributed by atoms with van der Waals surface area (Å²) in [7, 11) is 1.53. The van der Waals surface area contributed by atoms with Gasteiger partial charge in [-0.25, -0.2) is 4.39 Å². The van der Waals surface area contributed by atoms with Crippen LogP contribution in [0.25, 0.3) is 0 Å². The molecule has 19 heavy (non-hydrogen) atoms. The van der Waals surface area contributed by atoms with E-state index in [2.05, 4.69) is 31.9 Å². The number of alkyl halides is 1. The van der Waals surface area contributed by atoms with Crippen molar-refractivity contribution >= 4 is 31.9 Å². The molecule has 2 rings (SSSR count). The summed E-state index contributed by atoms with van der Waals surface area (Å²) in [5, 5.41) is 0. The average Bonchev–Trinajstić information content (AvgIpc) is 2.41. The number of rotatable bonds is 3. The predicted molar refractivity (Wildman–Crippen MR) is 82.6 cm³/mol. The van der Waals surface area contributed by atoms with Crippen molar-refractivity contribution in [2.75, 3.05) is 7.11 Å². The van der Waals surface area contributed by atoms with Gasteiger partial charge in [0.15, 0.2) is 0 Å². The summed E-state index contributed by atoms with van der Waals surface area (Å²) in [6.07, 6.45) is 0. The maximum Gasteiger partial charge on any atom is 0.131 e. The molecule has 0 radical (unpaired) electrons. The minimum Gasteiger partial charge on any atom is -0.497 e. The highest BCUT2D eigenvalue weighted by molar-refractivity contribution is 9.10. The molecule has 2 aromatic rings. The SMILES string of the molecule is COc1ccc(C(Br)c2ccc(Br)c(C)c2)c(F)c1. The topological polar surface area (TPSA) is 9.23 Å². The number of ether oxygens (including phenoxy) is 1. The highest BCUT2D eigenvalue weighted by Gasteiger charge is 2.16. The second kappa shape index (κ2) is 6.06. The fraction of sp³-hybridized carbons (Fsp3) is 0.200. The molecule has 0 saturated carbocycles. The largest absolute Gasteiger partial charge is 0.497 e. The van der Waals surface area contributed by atoms with Gasteiger partial charge in [0.05, 0.1) is 11.9 Å². The van der Waals surface area contributed by atoms with E-state index in [1.165, 1.54) is 13.2 Å². The van der Waals surface area contributed by atoms with Crippen molar-refractivity contribution in [3.8, 4) is 5.75 Å². The molecule has 0 aromatic heterocycles. The van der Waals surface area contributed by atoms with Crippen molar-refractivity contribution in [3.05, 3.63) is 63.4 Å². The molecule has 0 fully saturated rings. The van der Waals surface area contributed by atoms with Gasteiger partial charge in [0.2, 0.25) is 0 Å². The molecule has 0 aliphatic rings. The zero-order chi connectivity index (χ0) is 14.0. The van der Waals surface area contributed by atoms with Crippen molar-refractivity contribution in [3.63, 3.8) is 0 Å².